The van der Waals surface area contributed by atoms with Crippen molar-refractivity contribution in [2.45, 2.75) is 19.3 Å². The summed E-state index contributed by atoms with van der Waals surface area (Å²) in [6.07, 6.45) is 0. The Morgan fingerprint density at radius 2 is 0.809 bits per heavy atom. The zero-order valence-electron chi connectivity index (χ0n) is 26.5. The second-order valence-corrected chi connectivity index (χ2v) is 13.7. The largest absolute Gasteiger partial charge is 0.0616 e. The molecule has 220 valence electrons. The number of hydrogen-bond acceptors (Lipinski definition) is 0. The van der Waals surface area contributed by atoms with E-state index in [-0.39, 0.29) is 5.41 Å². The van der Waals surface area contributed by atoms with Crippen molar-refractivity contribution in [1.82, 2.24) is 0 Å². The van der Waals surface area contributed by atoms with Gasteiger partial charge in [0.25, 0.3) is 0 Å². The maximum Gasteiger partial charge on any atom is 0.0171 e. The maximum absolute atomic E-state index is 2.48. The van der Waals surface area contributed by atoms with Crippen molar-refractivity contribution in [1.29, 1.82) is 0 Å². The van der Waals surface area contributed by atoms with Crippen molar-refractivity contribution in [2.24, 2.45) is 0 Å². The third-order valence-corrected chi connectivity index (χ3v) is 10.8. The van der Waals surface area contributed by atoms with E-state index in [9.17, 15) is 0 Å². The molecular weight excluding hydrogens is 565 g/mol. The predicted molar refractivity (Wildman–Crippen MR) is 202 cm³/mol. The van der Waals surface area contributed by atoms with E-state index in [0.717, 1.165) is 0 Å². The molecule has 0 radical (unpaired) electrons. The lowest BCUT2D eigenvalue weighted by molar-refractivity contribution is 0.672. The molecule has 0 spiro atoms. The fourth-order valence-electron chi connectivity index (χ4n) is 8.74. The van der Waals surface area contributed by atoms with Crippen LogP contribution in [0.1, 0.15) is 25.0 Å². The summed E-state index contributed by atoms with van der Waals surface area (Å²) in [5.41, 5.74) is 10.5. The molecule has 0 aromatic heterocycles. The minimum atomic E-state index is -0.190. The van der Waals surface area contributed by atoms with Gasteiger partial charge >= 0.3 is 0 Å². The first-order valence-electron chi connectivity index (χ1n) is 16.6. The van der Waals surface area contributed by atoms with Crippen LogP contribution < -0.4 is 0 Å². The van der Waals surface area contributed by atoms with Gasteiger partial charge < -0.3 is 0 Å². The number of rotatable bonds is 2. The first kappa shape index (κ1) is 26.5. The Morgan fingerprint density at radius 1 is 0.319 bits per heavy atom. The molecule has 0 atom stereocenters. The third-order valence-electron chi connectivity index (χ3n) is 10.8. The lowest BCUT2D eigenvalue weighted by Crippen LogP contribution is -2.16. The van der Waals surface area contributed by atoms with Crippen LogP contribution >= 0.6 is 0 Å². The zero-order chi connectivity index (χ0) is 31.3. The van der Waals surface area contributed by atoms with Crippen molar-refractivity contribution in [3.05, 3.63) is 169 Å². The average molecular weight is 597 g/mol. The zero-order valence-corrected chi connectivity index (χ0v) is 26.5. The van der Waals surface area contributed by atoms with Gasteiger partial charge in [0.2, 0.25) is 0 Å². The molecule has 9 aromatic rings. The molecular formula is C47H32. The first-order valence-corrected chi connectivity index (χ1v) is 16.6. The molecule has 9 aromatic carbocycles. The smallest absolute Gasteiger partial charge is 0.0171 e. The Balaban J connectivity index is 1.34. The van der Waals surface area contributed by atoms with Crippen LogP contribution in [-0.2, 0) is 5.41 Å². The Kier molecular flexibility index (Phi) is 5.44. The lowest BCUT2D eigenvalue weighted by Gasteiger charge is -2.25. The molecule has 1 aliphatic carbocycles. The Bertz CT molecular complexity index is 2750. The average Bonchev–Trinajstić information content (AvgIpc) is 3.38. The minimum absolute atomic E-state index is 0.190. The summed E-state index contributed by atoms with van der Waals surface area (Å²) in [5.74, 6) is 0. The van der Waals surface area contributed by atoms with Gasteiger partial charge in [0.1, 0.15) is 0 Å². The molecule has 0 heterocycles. The lowest BCUT2D eigenvalue weighted by atomic mass is 9.77. The highest BCUT2D eigenvalue weighted by molar-refractivity contribution is 6.21. The van der Waals surface area contributed by atoms with E-state index >= 15 is 0 Å². The summed E-state index contributed by atoms with van der Waals surface area (Å²) in [6, 6.07) is 58.8. The van der Waals surface area contributed by atoms with Crippen LogP contribution in [0.4, 0.5) is 0 Å². The van der Waals surface area contributed by atoms with Gasteiger partial charge in [-0.05, 0) is 111 Å². The second kappa shape index (κ2) is 9.64. The third kappa shape index (κ3) is 3.70. The van der Waals surface area contributed by atoms with Crippen LogP contribution in [0, 0.1) is 0 Å². The van der Waals surface area contributed by atoms with Gasteiger partial charge in [-0.15, -0.1) is 0 Å². The first-order chi connectivity index (χ1) is 23.1. The van der Waals surface area contributed by atoms with E-state index in [1.807, 2.05) is 0 Å². The Hall–Kier alpha value is -5.72. The van der Waals surface area contributed by atoms with Gasteiger partial charge in [-0.3, -0.25) is 0 Å². The van der Waals surface area contributed by atoms with Crippen molar-refractivity contribution in [3.63, 3.8) is 0 Å². The summed E-state index contributed by atoms with van der Waals surface area (Å²) < 4.78 is 0. The minimum Gasteiger partial charge on any atom is -0.0616 e. The fraction of sp³-hybridized carbons (Fsp3) is 0.0638. The Labute approximate surface area is 274 Å². The SMILES string of the molecule is CC1(C)c2c(ccc3ccccc23)-c2c1c1cc(-c3cccc4ccccc34)ccc1c1ccc(-c3cccc4ccccc34)cc21. The van der Waals surface area contributed by atoms with Crippen molar-refractivity contribution in [3.8, 4) is 33.4 Å². The monoisotopic (exact) mass is 596 g/mol. The topological polar surface area (TPSA) is 0 Å². The van der Waals surface area contributed by atoms with E-state index in [2.05, 4.69) is 172 Å². The molecule has 0 heteroatoms. The van der Waals surface area contributed by atoms with Crippen LogP contribution in [-0.4, -0.2) is 0 Å². The molecule has 0 nitrogen and oxygen atoms in total. The quantitative estimate of drug-likeness (QED) is 0.174. The molecule has 47 heavy (non-hydrogen) atoms. The van der Waals surface area contributed by atoms with Gasteiger partial charge in [0.15, 0.2) is 0 Å². The van der Waals surface area contributed by atoms with Gasteiger partial charge in [-0.25, -0.2) is 0 Å². The van der Waals surface area contributed by atoms with Crippen molar-refractivity contribution < 1.29 is 0 Å². The summed E-state index contributed by atoms with van der Waals surface area (Å²) in [4.78, 5) is 0. The fourth-order valence-corrected chi connectivity index (χ4v) is 8.74. The van der Waals surface area contributed by atoms with Crippen LogP contribution in [0.15, 0.2) is 158 Å². The highest BCUT2D eigenvalue weighted by Gasteiger charge is 2.39. The predicted octanol–water partition coefficient (Wildman–Crippen LogP) is 13.1. The van der Waals surface area contributed by atoms with Gasteiger partial charge in [-0.2, -0.15) is 0 Å². The van der Waals surface area contributed by atoms with E-state index in [1.54, 1.807) is 0 Å². The molecule has 0 bridgehead atoms. The molecule has 0 unspecified atom stereocenters. The number of fused-ring (bicyclic) bond motifs is 12. The molecule has 1 aliphatic rings. The maximum atomic E-state index is 2.48. The summed E-state index contributed by atoms with van der Waals surface area (Å²) in [6.45, 7) is 4.88. The van der Waals surface area contributed by atoms with Gasteiger partial charge in [-0.1, -0.05) is 159 Å². The highest BCUT2D eigenvalue weighted by atomic mass is 14.4. The van der Waals surface area contributed by atoms with Crippen LogP contribution in [0.3, 0.4) is 0 Å². The summed E-state index contributed by atoms with van der Waals surface area (Å²) >= 11 is 0. The van der Waals surface area contributed by atoms with E-state index in [1.165, 1.54) is 98.4 Å². The molecule has 10 rings (SSSR count). The number of benzene rings is 9. The summed E-state index contributed by atoms with van der Waals surface area (Å²) in [7, 11) is 0. The van der Waals surface area contributed by atoms with E-state index < -0.39 is 0 Å². The van der Waals surface area contributed by atoms with Crippen LogP contribution in [0.25, 0.3) is 87.2 Å². The molecule has 0 amide bonds. The number of hydrogen-bond donors (Lipinski definition) is 0. The van der Waals surface area contributed by atoms with Crippen molar-refractivity contribution in [2.75, 3.05) is 0 Å². The van der Waals surface area contributed by atoms with Crippen molar-refractivity contribution >= 4 is 53.9 Å². The van der Waals surface area contributed by atoms with Gasteiger partial charge in [0.05, 0.1) is 0 Å². The molecule has 0 aliphatic heterocycles. The molecule has 0 fully saturated rings. The summed E-state index contributed by atoms with van der Waals surface area (Å²) in [5, 5.41) is 13.1. The van der Waals surface area contributed by atoms with Crippen LogP contribution in [0.2, 0.25) is 0 Å². The molecule has 0 N–H and O–H groups in total. The standard InChI is InChI=1S/C47H32/c1-47(2)45-38-18-8-5-13-31(38)21-26-41(45)44-42-27-32(36-19-9-14-29-11-3-6-16-34(29)36)22-24-39(42)40-25-23-33(28-43(40)46(44)47)37-20-10-15-30-12-4-7-17-35(30)37/h3-28H,1-2H3. The Morgan fingerprint density at radius 3 is 1.43 bits per heavy atom. The molecule has 0 saturated carbocycles. The highest BCUT2D eigenvalue weighted by Crippen LogP contribution is 2.57. The van der Waals surface area contributed by atoms with Crippen LogP contribution in [0.5, 0.6) is 0 Å². The van der Waals surface area contributed by atoms with E-state index in [4.69, 9.17) is 0 Å². The second-order valence-electron chi connectivity index (χ2n) is 13.7. The van der Waals surface area contributed by atoms with Gasteiger partial charge in [0, 0.05) is 5.41 Å². The van der Waals surface area contributed by atoms with E-state index in [0.29, 0.717) is 0 Å². The molecule has 0 saturated heterocycles. The normalized spacial score (nSPS) is 13.5.